The molecule has 2 aromatic heterocycles. The van der Waals surface area contributed by atoms with E-state index in [0.29, 0.717) is 28.4 Å². The summed E-state index contributed by atoms with van der Waals surface area (Å²) in [7, 11) is 1.33. The van der Waals surface area contributed by atoms with Crippen molar-refractivity contribution in [2.24, 2.45) is 10.2 Å². The van der Waals surface area contributed by atoms with Crippen LogP contribution in [0.1, 0.15) is 23.7 Å². The molecular formula is C19H20N4O3. The van der Waals surface area contributed by atoms with Gasteiger partial charge in [0.05, 0.1) is 31.5 Å². The van der Waals surface area contributed by atoms with Crippen molar-refractivity contribution in [2.45, 2.75) is 26.4 Å². The SMILES string of the molecule is CCc1ccc(N=Nc2c(CC(=O)OC)nc3c(CO)cccn23)cc1. The second-order valence-corrected chi connectivity index (χ2v) is 5.74. The van der Waals surface area contributed by atoms with Gasteiger partial charge in [0, 0.05) is 11.8 Å². The number of carbonyl (C=O) groups is 1. The molecule has 0 spiro atoms. The molecule has 0 aliphatic heterocycles. The molecule has 0 saturated carbocycles. The van der Waals surface area contributed by atoms with Crippen molar-refractivity contribution in [2.75, 3.05) is 7.11 Å². The number of fused-ring (bicyclic) bond motifs is 1. The van der Waals surface area contributed by atoms with Crippen LogP contribution in [-0.2, 0) is 29.0 Å². The third-order valence-corrected chi connectivity index (χ3v) is 4.09. The molecule has 1 N–H and O–H groups in total. The average molecular weight is 352 g/mol. The summed E-state index contributed by atoms with van der Waals surface area (Å²) >= 11 is 0. The van der Waals surface area contributed by atoms with E-state index in [0.717, 1.165) is 6.42 Å². The van der Waals surface area contributed by atoms with Gasteiger partial charge >= 0.3 is 5.97 Å². The molecule has 2 heterocycles. The first-order valence-corrected chi connectivity index (χ1v) is 8.33. The standard InChI is InChI=1S/C19H20N4O3/c1-3-13-6-8-15(9-7-13)21-22-19-16(11-17(25)26-2)20-18-14(12-24)5-4-10-23(18)19/h4-10,24H,3,11-12H2,1-2H3. The number of pyridine rings is 1. The van der Waals surface area contributed by atoms with Crippen molar-refractivity contribution < 1.29 is 14.6 Å². The van der Waals surface area contributed by atoms with Gasteiger partial charge in [0.1, 0.15) is 5.65 Å². The highest BCUT2D eigenvalue weighted by atomic mass is 16.5. The van der Waals surface area contributed by atoms with E-state index in [1.807, 2.05) is 24.3 Å². The molecule has 0 fully saturated rings. The molecule has 7 heteroatoms. The maximum Gasteiger partial charge on any atom is 0.311 e. The maximum atomic E-state index is 11.7. The van der Waals surface area contributed by atoms with Crippen molar-refractivity contribution in [3.8, 4) is 0 Å². The van der Waals surface area contributed by atoms with Gasteiger partial charge < -0.3 is 9.84 Å². The van der Waals surface area contributed by atoms with E-state index >= 15 is 0 Å². The molecule has 0 bridgehead atoms. The van der Waals surface area contributed by atoms with Gasteiger partial charge in [-0.25, -0.2) is 4.98 Å². The Balaban J connectivity index is 2.04. The summed E-state index contributed by atoms with van der Waals surface area (Å²) in [4.78, 5) is 16.2. The molecule has 1 aromatic carbocycles. The molecule has 0 saturated heterocycles. The number of hydrogen-bond acceptors (Lipinski definition) is 6. The van der Waals surface area contributed by atoms with E-state index in [4.69, 9.17) is 4.74 Å². The molecule has 0 unspecified atom stereocenters. The highest BCUT2D eigenvalue weighted by Crippen LogP contribution is 2.26. The quantitative estimate of drug-likeness (QED) is 0.543. The summed E-state index contributed by atoms with van der Waals surface area (Å²) < 4.78 is 6.46. The van der Waals surface area contributed by atoms with Crippen LogP contribution in [0.5, 0.6) is 0 Å². The number of nitrogens with zero attached hydrogens (tertiary/aromatic N) is 4. The zero-order valence-electron chi connectivity index (χ0n) is 14.7. The van der Waals surface area contributed by atoms with Crippen LogP contribution in [0.2, 0.25) is 0 Å². The minimum atomic E-state index is -0.414. The van der Waals surface area contributed by atoms with Gasteiger partial charge in [-0.05, 0) is 30.2 Å². The van der Waals surface area contributed by atoms with Crippen molar-refractivity contribution >= 4 is 23.1 Å². The number of azo groups is 1. The number of aliphatic hydroxyl groups is 1. The number of hydrogen-bond donors (Lipinski definition) is 1. The van der Waals surface area contributed by atoms with Gasteiger partial charge in [-0.1, -0.05) is 25.1 Å². The van der Waals surface area contributed by atoms with Crippen molar-refractivity contribution in [3.63, 3.8) is 0 Å². The molecular weight excluding hydrogens is 332 g/mol. The summed E-state index contributed by atoms with van der Waals surface area (Å²) in [5.41, 5.74) is 3.57. The van der Waals surface area contributed by atoms with Crippen molar-refractivity contribution in [1.82, 2.24) is 9.38 Å². The van der Waals surface area contributed by atoms with Gasteiger partial charge in [0.25, 0.3) is 0 Å². The van der Waals surface area contributed by atoms with Crippen LogP contribution in [-0.4, -0.2) is 27.6 Å². The molecule has 0 radical (unpaired) electrons. The fourth-order valence-corrected chi connectivity index (χ4v) is 2.62. The molecule has 0 aliphatic rings. The molecule has 0 amide bonds. The number of rotatable bonds is 6. The molecule has 0 aliphatic carbocycles. The second-order valence-electron chi connectivity index (χ2n) is 5.74. The lowest BCUT2D eigenvalue weighted by molar-refractivity contribution is -0.139. The predicted molar refractivity (Wildman–Crippen MR) is 96.8 cm³/mol. The lowest BCUT2D eigenvalue weighted by Gasteiger charge is -2.01. The first kappa shape index (κ1) is 17.8. The fourth-order valence-electron chi connectivity index (χ4n) is 2.62. The summed E-state index contributed by atoms with van der Waals surface area (Å²) in [6, 6.07) is 11.4. The number of imidazole rings is 1. The normalized spacial score (nSPS) is 11.3. The second kappa shape index (κ2) is 7.88. The number of methoxy groups -OCH3 is 1. The van der Waals surface area contributed by atoms with Gasteiger partial charge in [-0.2, -0.15) is 0 Å². The molecule has 3 rings (SSSR count). The van der Waals surface area contributed by atoms with E-state index in [1.165, 1.54) is 12.7 Å². The average Bonchev–Trinajstić information content (AvgIpc) is 3.03. The van der Waals surface area contributed by atoms with E-state index in [-0.39, 0.29) is 13.0 Å². The molecule has 134 valence electrons. The third-order valence-electron chi connectivity index (χ3n) is 4.09. The smallest absolute Gasteiger partial charge is 0.311 e. The monoisotopic (exact) mass is 352 g/mol. The Kier molecular flexibility index (Phi) is 5.38. The Morgan fingerprint density at radius 3 is 2.65 bits per heavy atom. The highest BCUT2D eigenvalue weighted by molar-refractivity contribution is 5.74. The topological polar surface area (TPSA) is 88.5 Å². The van der Waals surface area contributed by atoms with Crippen LogP contribution < -0.4 is 0 Å². The van der Waals surface area contributed by atoms with E-state index in [9.17, 15) is 9.90 Å². The lowest BCUT2D eigenvalue weighted by atomic mass is 10.2. The highest BCUT2D eigenvalue weighted by Gasteiger charge is 2.17. The Morgan fingerprint density at radius 1 is 1.23 bits per heavy atom. The third kappa shape index (κ3) is 3.62. The minimum absolute atomic E-state index is 0.0217. The van der Waals surface area contributed by atoms with Crippen LogP contribution >= 0.6 is 0 Å². The Labute approximate surface area is 151 Å². The van der Waals surface area contributed by atoms with E-state index in [2.05, 4.69) is 22.1 Å². The van der Waals surface area contributed by atoms with Gasteiger partial charge in [0.2, 0.25) is 0 Å². The van der Waals surface area contributed by atoms with Crippen LogP contribution in [0, 0.1) is 0 Å². The number of aryl methyl sites for hydroxylation is 1. The fraction of sp³-hybridized carbons (Fsp3) is 0.263. The van der Waals surface area contributed by atoms with Crippen LogP contribution in [0.15, 0.2) is 52.8 Å². The van der Waals surface area contributed by atoms with Gasteiger partial charge in [0.15, 0.2) is 5.82 Å². The zero-order chi connectivity index (χ0) is 18.5. The van der Waals surface area contributed by atoms with E-state index < -0.39 is 5.97 Å². The van der Waals surface area contributed by atoms with E-state index in [1.54, 1.807) is 22.7 Å². The number of ether oxygens (including phenoxy) is 1. The summed E-state index contributed by atoms with van der Waals surface area (Å²) in [6.07, 6.45) is 2.71. The molecule has 26 heavy (non-hydrogen) atoms. The van der Waals surface area contributed by atoms with Gasteiger partial charge in [-0.3, -0.25) is 9.20 Å². The summed E-state index contributed by atoms with van der Waals surface area (Å²) in [6.45, 7) is 1.93. The van der Waals surface area contributed by atoms with Gasteiger partial charge in [-0.15, -0.1) is 10.2 Å². The predicted octanol–water partition coefficient (Wildman–Crippen LogP) is 3.52. The Morgan fingerprint density at radius 2 is 2.00 bits per heavy atom. The molecule has 7 nitrogen and oxygen atoms in total. The molecule has 0 atom stereocenters. The summed E-state index contributed by atoms with van der Waals surface area (Å²) in [5, 5.41) is 18.1. The maximum absolute atomic E-state index is 11.7. The number of aliphatic hydroxyl groups excluding tert-OH is 1. The largest absolute Gasteiger partial charge is 0.469 e. The van der Waals surface area contributed by atoms with Crippen molar-refractivity contribution in [3.05, 3.63) is 59.4 Å². The summed E-state index contributed by atoms with van der Waals surface area (Å²) in [5.74, 6) is 0.0305. The minimum Gasteiger partial charge on any atom is -0.469 e. The van der Waals surface area contributed by atoms with Crippen LogP contribution in [0.3, 0.4) is 0 Å². The van der Waals surface area contributed by atoms with Crippen molar-refractivity contribution in [1.29, 1.82) is 0 Å². The van der Waals surface area contributed by atoms with Crippen LogP contribution in [0.4, 0.5) is 11.5 Å². The first-order valence-electron chi connectivity index (χ1n) is 8.33. The Hall–Kier alpha value is -3.06. The Bertz CT molecular complexity index is 945. The first-order chi connectivity index (χ1) is 12.7. The molecule has 3 aromatic rings. The lowest BCUT2D eigenvalue weighted by Crippen LogP contribution is -2.04. The number of aromatic nitrogens is 2. The van der Waals surface area contributed by atoms with Crippen LogP contribution in [0.25, 0.3) is 5.65 Å². The number of benzene rings is 1. The number of esters is 1. The zero-order valence-corrected chi connectivity index (χ0v) is 14.7. The number of carbonyl (C=O) groups excluding carboxylic acids is 1.